The zero-order valence-corrected chi connectivity index (χ0v) is 12.6. The first-order chi connectivity index (χ1) is 9.57. The number of hydrogen-bond donors (Lipinski definition) is 1. The third-order valence-electron chi connectivity index (χ3n) is 4.74. The zero-order valence-electron chi connectivity index (χ0n) is 12.6. The highest BCUT2D eigenvalue weighted by molar-refractivity contribution is 5.83. The molecule has 1 unspecified atom stereocenters. The van der Waals surface area contributed by atoms with Crippen LogP contribution < -0.4 is 5.32 Å². The van der Waals surface area contributed by atoms with E-state index in [0.717, 1.165) is 51.7 Å². The van der Waals surface area contributed by atoms with Gasteiger partial charge in [-0.2, -0.15) is 0 Å². The molecule has 2 fully saturated rings. The van der Waals surface area contributed by atoms with Crippen molar-refractivity contribution in [1.82, 2.24) is 10.2 Å². The first-order valence-corrected chi connectivity index (χ1v) is 7.65. The number of carbonyl (C=O) groups is 2. The Morgan fingerprint density at radius 2 is 2.00 bits per heavy atom. The van der Waals surface area contributed by atoms with Crippen LogP contribution in [0.4, 0.5) is 0 Å². The number of likely N-dealkylation sites (tertiary alicyclic amines) is 1. The van der Waals surface area contributed by atoms with Crippen molar-refractivity contribution in [3.63, 3.8) is 0 Å². The minimum absolute atomic E-state index is 0.0235. The van der Waals surface area contributed by atoms with E-state index < -0.39 is 0 Å². The molecule has 0 spiro atoms. The van der Waals surface area contributed by atoms with Gasteiger partial charge in [0.1, 0.15) is 0 Å². The van der Waals surface area contributed by atoms with Gasteiger partial charge in [-0.3, -0.25) is 9.59 Å². The average Bonchev–Trinajstić information content (AvgIpc) is 2.47. The second-order valence-electron chi connectivity index (χ2n) is 6.24. The first kappa shape index (κ1) is 15.3. The topological polar surface area (TPSA) is 58.6 Å². The Labute approximate surface area is 121 Å². The molecule has 5 heteroatoms. The van der Waals surface area contributed by atoms with E-state index in [4.69, 9.17) is 4.74 Å². The van der Waals surface area contributed by atoms with Crippen LogP contribution in [0.25, 0.3) is 0 Å². The van der Waals surface area contributed by atoms with Gasteiger partial charge in [0.2, 0.25) is 5.91 Å². The predicted octanol–water partition coefficient (Wildman–Crippen LogP) is 1.32. The number of amides is 1. The van der Waals surface area contributed by atoms with E-state index >= 15 is 0 Å². The van der Waals surface area contributed by atoms with Crippen LogP contribution >= 0.6 is 0 Å². The summed E-state index contributed by atoms with van der Waals surface area (Å²) in [7, 11) is 1.41. The second-order valence-corrected chi connectivity index (χ2v) is 6.24. The maximum atomic E-state index is 12.9. The first-order valence-electron chi connectivity index (χ1n) is 7.65. The van der Waals surface area contributed by atoms with Gasteiger partial charge in [-0.15, -0.1) is 0 Å². The molecule has 1 atom stereocenters. The molecule has 2 heterocycles. The molecule has 114 valence electrons. The van der Waals surface area contributed by atoms with Crippen LogP contribution in [0.1, 0.15) is 45.4 Å². The Bertz CT molecular complexity index is 364. The second kappa shape index (κ2) is 6.57. The van der Waals surface area contributed by atoms with Crippen LogP contribution in [-0.2, 0) is 14.3 Å². The van der Waals surface area contributed by atoms with Crippen LogP contribution in [-0.4, -0.2) is 49.6 Å². The Kier molecular flexibility index (Phi) is 5.02. The lowest BCUT2D eigenvalue weighted by Gasteiger charge is -2.42. The highest BCUT2D eigenvalue weighted by atomic mass is 16.5. The van der Waals surface area contributed by atoms with Crippen LogP contribution in [0.3, 0.4) is 0 Å². The maximum absolute atomic E-state index is 12.9. The molecule has 2 rings (SSSR count). The Morgan fingerprint density at radius 3 is 2.65 bits per heavy atom. The number of piperidine rings is 2. The minimum atomic E-state index is -0.267. The molecule has 2 aliphatic heterocycles. The molecule has 0 radical (unpaired) electrons. The summed E-state index contributed by atoms with van der Waals surface area (Å²) in [5.74, 6) is 0.0118. The fourth-order valence-electron chi connectivity index (χ4n) is 3.29. The number of ether oxygens (including phenoxy) is 1. The van der Waals surface area contributed by atoms with Crippen LogP contribution in [0, 0.1) is 5.41 Å². The molecule has 0 aromatic rings. The van der Waals surface area contributed by atoms with Crippen LogP contribution in [0.15, 0.2) is 0 Å². The molecule has 5 nitrogen and oxygen atoms in total. The zero-order chi connectivity index (χ0) is 14.6. The predicted molar refractivity (Wildman–Crippen MR) is 76.2 cm³/mol. The van der Waals surface area contributed by atoms with Crippen molar-refractivity contribution in [2.45, 2.75) is 51.5 Å². The van der Waals surface area contributed by atoms with Crippen molar-refractivity contribution in [3.05, 3.63) is 0 Å². The van der Waals surface area contributed by atoms with Gasteiger partial charge in [0.05, 0.1) is 13.5 Å². The van der Waals surface area contributed by atoms with Crippen molar-refractivity contribution in [3.8, 4) is 0 Å². The largest absolute Gasteiger partial charge is 0.469 e. The quantitative estimate of drug-likeness (QED) is 0.793. The average molecular weight is 282 g/mol. The summed E-state index contributed by atoms with van der Waals surface area (Å²) < 4.78 is 4.76. The molecule has 2 saturated heterocycles. The smallest absolute Gasteiger partial charge is 0.307 e. The fraction of sp³-hybridized carbons (Fsp3) is 0.867. The number of esters is 1. The van der Waals surface area contributed by atoms with Crippen molar-refractivity contribution < 1.29 is 14.3 Å². The van der Waals surface area contributed by atoms with Gasteiger partial charge in [0, 0.05) is 18.0 Å². The Balaban J connectivity index is 2.06. The van der Waals surface area contributed by atoms with Gasteiger partial charge < -0.3 is 15.0 Å². The summed E-state index contributed by atoms with van der Waals surface area (Å²) in [5.41, 5.74) is -0.267. The number of hydrogen-bond acceptors (Lipinski definition) is 4. The molecule has 1 N–H and O–H groups in total. The summed E-state index contributed by atoms with van der Waals surface area (Å²) in [6.07, 6.45) is 5.13. The van der Waals surface area contributed by atoms with E-state index in [0.29, 0.717) is 6.42 Å². The number of nitrogens with one attached hydrogen (secondary N) is 1. The molecule has 1 amide bonds. The van der Waals surface area contributed by atoms with E-state index in [-0.39, 0.29) is 23.3 Å². The van der Waals surface area contributed by atoms with Gasteiger partial charge in [-0.25, -0.2) is 0 Å². The number of rotatable bonds is 3. The lowest BCUT2D eigenvalue weighted by atomic mass is 9.78. The van der Waals surface area contributed by atoms with Crippen LogP contribution in [0.2, 0.25) is 0 Å². The van der Waals surface area contributed by atoms with E-state index in [1.807, 2.05) is 4.90 Å². The molecule has 0 aromatic carbocycles. The van der Waals surface area contributed by atoms with Crippen molar-refractivity contribution in [2.75, 3.05) is 26.7 Å². The number of nitrogens with zero attached hydrogens (tertiary/aromatic N) is 1. The number of methoxy groups -OCH3 is 1. The summed E-state index contributed by atoms with van der Waals surface area (Å²) in [4.78, 5) is 26.4. The van der Waals surface area contributed by atoms with Crippen molar-refractivity contribution in [2.24, 2.45) is 5.41 Å². The lowest BCUT2D eigenvalue weighted by molar-refractivity contribution is -0.150. The van der Waals surface area contributed by atoms with E-state index in [2.05, 4.69) is 12.2 Å². The van der Waals surface area contributed by atoms with Gasteiger partial charge in [-0.05, 0) is 45.2 Å². The molecule has 2 aliphatic rings. The van der Waals surface area contributed by atoms with Gasteiger partial charge >= 0.3 is 5.97 Å². The van der Waals surface area contributed by atoms with E-state index in [9.17, 15) is 9.59 Å². The molecule has 0 bridgehead atoms. The Morgan fingerprint density at radius 1 is 1.30 bits per heavy atom. The highest BCUT2D eigenvalue weighted by Gasteiger charge is 2.40. The normalized spacial score (nSPS) is 26.1. The monoisotopic (exact) mass is 282 g/mol. The molecule has 0 aromatic heterocycles. The maximum Gasteiger partial charge on any atom is 0.307 e. The molecular formula is C15H26N2O3. The van der Waals surface area contributed by atoms with Gasteiger partial charge in [-0.1, -0.05) is 6.92 Å². The van der Waals surface area contributed by atoms with E-state index in [1.54, 1.807) is 0 Å². The minimum Gasteiger partial charge on any atom is -0.469 e. The Hall–Kier alpha value is -1.10. The summed E-state index contributed by atoms with van der Waals surface area (Å²) in [5, 5.41) is 3.31. The summed E-state index contributed by atoms with van der Waals surface area (Å²) in [6.45, 7) is 4.65. The molecule has 0 aliphatic carbocycles. The van der Waals surface area contributed by atoms with Crippen LogP contribution in [0.5, 0.6) is 0 Å². The fourth-order valence-corrected chi connectivity index (χ4v) is 3.29. The number of carbonyl (C=O) groups excluding carboxylic acids is 2. The molecule has 20 heavy (non-hydrogen) atoms. The molecular weight excluding hydrogens is 256 g/mol. The lowest BCUT2D eigenvalue weighted by Crippen LogP contribution is -2.53. The van der Waals surface area contributed by atoms with Gasteiger partial charge in [0.15, 0.2) is 0 Å². The third-order valence-corrected chi connectivity index (χ3v) is 4.74. The molecule has 0 saturated carbocycles. The van der Waals surface area contributed by atoms with Crippen molar-refractivity contribution in [1.29, 1.82) is 0 Å². The van der Waals surface area contributed by atoms with Crippen molar-refractivity contribution >= 4 is 11.9 Å². The third kappa shape index (κ3) is 3.32. The summed E-state index contributed by atoms with van der Waals surface area (Å²) in [6, 6.07) is 0.0235. The van der Waals surface area contributed by atoms with E-state index in [1.165, 1.54) is 7.11 Å². The SMILES string of the molecule is COC(=O)CC1CCCCN1C(=O)C1(C)CCNCC1. The highest BCUT2D eigenvalue weighted by Crippen LogP contribution is 2.33. The summed E-state index contributed by atoms with van der Waals surface area (Å²) >= 11 is 0. The standard InChI is InChI=1S/C15H26N2O3/c1-15(6-8-16-9-7-15)14(19)17-10-4-3-5-12(17)11-13(18)20-2/h12,16H,3-11H2,1-2H3. The van der Waals surface area contributed by atoms with Gasteiger partial charge in [0.25, 0.3) is 0 Å².